The van der Waals surface area contributed by atoms with Gasteiger partial charge in [0.25, 0.3) is 0 Å². The van der Waals surface area contributed by atoms with Gasteiger partial charge in [0.15, 0.2) is 0 Å². The number of hydrogen-bond donors (Lipinski definition) is 1. The van der Waals surface area contributed by atoms with Crippen LogP contribution in [0.4, 0.5) is 0 Å². The van der Waals surface area contributed by atoms with Crippen LogP contribution in [0.3, 0.4) is 0 Å². The van der Waals surface area contributed by atoms with E-state index in [9.17, 15) is 4.79 Å². The number of aryl methyl sites for hydroxylation is 2. The zero-order valence-electron chi connectivity index (χ0n) is 11.3. The van der Waals surface area contributed by atoms with Crippen molar-refractivity contribution < 1.29 is 4.79 Å². The smallest absolute Gasteiger partial charge is 0.224 e. The highest BCUT2D eigenvalue weighted by atomic mass is 16.1. The van der Waals surface area contributed by atoms with E-state index in [1.165, 1.54) is 11.1 Å². The van der Waals surface area contributed by atoms with Gasteiger partial charge in [-0.15, -0.1) is 0 Å². The van der Waals surface area contributed by atoms with E-state index in [0.29, 0.717) is 12.5 Å². The molecule has 0 aliphatic heterocycles. The van der Waals surface area contributed by atoms with Gasteiger partial charge < -0.3 is 5.32 Å². The van der Waals surface area contributed by atoms with E-state index in [-0.39, 0.29) is 5.91 Å². The zero-order valence-corrected chi connectivity index (χ0v) is 11.3. The molecule has 0 aliphatic rings. The first-order chi connectivity index (χ1) is 8.06. The maximum atomic E-state index is 11.8. The van der Waals surface area contributed by atoms with Crippen LogP contribution in [-0.2, 0) is 11.2 Å². The van der Waals surface area contributed by atoms with Crippen molar-refractivity contribution in [2.75, 3.05) is 0 Å². The fourth-order valence-electron chi connectivity index (χ4n) is 1.87. The Hall–Kier alpha value is -1.31. The van der Waals surface area contributed by atoms with E-state index < -0.39 is 0 Å². The molecule has 0 bridgehead atoms. The zero-order chi connectivity index (χ0) is 12.8. The van der Waals surface area contributed by atoms with Gasteiger partial charge in [0.2, 0.25) is 5.91 Å². The molecule has 0 saturated carbocycles. The fraction of sp³-hybridized carbons (Fsp3) is 0.533. The van der Waals surface area contributed by atoms with Crippen LogP contribution in [0.1, 0.15) is 43.4 Å². The van der Waals surface area contributed by atoms with Crippen LogP contribution >= 0.6 is 0 Å². The Morgan fingerprint density at radius 3 is 2.35 bits per heavy atom. The van der Waals surface area contributed by atoms with E-state index in [4.69, 9.17) is 0 Å². The first-order valence-corrected chi connectivity index (χ1v) is 6.42. The molecule has 2 heteroatoms. The second-order valence-electron chi connectivity index (χ2n) is 4.68. The molecule has 0 saturated heterocycles. The number of amides is 1. The Bertz CT molecular complexity index is 381. The number of benzene rings is 1. The highest BCUT2D eigenvalue weighted by Gasteiger charge is 2.09. The van der Waals surface area contributed by atoms with Gasteiger partial charge in [0, 0.05) is 6.04 Å². The minimum Gasteiger partial charge on any atom is -0.353 e. The molecule has 0 atom stereocenters. The van der Waals surface area contributed by atoms with Crippen molar-refractivity contribution in [3.05, 3.63) is 34.9 Å². The molecule has 0 heterocycles. The molecule has 0 spiro atoms. The van der Waals surface area contributed by atoms with E-state index in [1.54, 1.807) is 0 Å². The first-order valence-electron chi connectivity index (χ1n) is 6.42. The van der Waals surface area contributed by atoms with Gasteiger partial charge in [-0.3, -0.25) is 4.79 Å². The summed E-state index contributed by atoms with van der Waals surface area (Å²) >= 11 is 0. The molecule has 0 radical (unpaired) electrons. The van der Waals surface area contributed by atoms with Crippen LogP contribution in [0.25, 0.3) is 0 Å². The maximum Gasteiger partial charge on any atom is 0.224 e. The summed E-state index contributed by atoms with van der Waals surface area (Å²) in [4.78, 5) is 11.8. The standard InChI is InChI=1S/C15H23NO/c1-5-14(6-2)16-15(17)10-13-8-7-11(3)12(4)9-13/h7-9,14H,5-6,10H2,1-4H3,(H,16,17). The first kappa shape index (κ1) is 13.8. The molecule has 94 valence electrons. The third-order valence-electron chi connectivity index (χ3n) is 3.29. The minimum absolute atomic E-state index is 0.127. The van der Waals surface area contributed by atoms with Crippen LogP contribution in [0.5, 0.6) is 0 Å². The van der Waals surface area contributed by atoms with Gasteiger partial charge in [-0.05, 0) is 43.4 Å². The Morgan fingerprint density at radius 1 is 1.18 bits per heavy atom. The van der Waals surface area contributed by atoms with E-state index in [2.05, 4.69) is 45.1 Å². The Labute approximate surface area is 104 Å². The lowest BCUT2D eigenvalue weighted by atomic mass is 10.0. The third kappa shape index (κ3) is 4.22. The van der Waals surface area contributed by atoms with Crippen LogP contribution in [0.2, 0.25) is 0 Å². The van der Waals surface area contributed by atoms with Crippen LogP contribution in [0, 0.1) is 13.8 Å². The number of carbonyl (C=O) groups is 1. The molecule has 0 aromatic heterocycles. The third-order valence-corrected chi connectivity index (χ3v) is 3.29. The number of rotatable bonds is 5. The molecule has 1 aromatic carbocycles. The highest BCUT2D eigenvalue weighted by molar-refractivity contribution is 5.78. The largest absolute Gasteiger partial charge is 0.353 e. The van der Waals surface area contributed by atoms with Gasteiger partial charge in [0.05, 0.1) is 6.42 Å². The molecule has 0 aliphatic carbocycles. The second kappa shape index (κ2) is 6.43. The minimum atomic E-state index is 0.127. The summed E-state index contributed by atoms with van der Waals surface area (Å²) in [5.74, 6) is 0.127. The van der Waals surface area contributed by atoms with Crippen molar-refractivity contribution >= 4 is 5.91 Å². The summed E-state index contributed by atoms with van der Waals surface area (Å²) in [6.07, 6.45) is 2.47. The van der Waals surface area contributed by atoms with Crippen molar-refractivity contribution in [3.63, 3.8) is 0 Å². The average molecular weight is 233 g/mol. The lowest BCUT2D eigenvalue weighted by molar-refractivity contribution is -0.121. The summed E-state index contributed by atoms with van der Waals surface area (Å²) in [7, 11) is 0. The lowest BCUT2D eigenvalue weighted by Crippen LogP contribution is -2.34. The van der Waals surface area contributed by atoms with Crippen LogP contribution < -0.4 is 5.32 Å². The molecule has 1 N–H and O–H groups in total. The Morgan fingerprint density at radius 2 is 1.82 bits per heavy atom. The fourth-order valence-corrected chi connectivity index (χ4v) is 1.87. The summed E-state index contributed by atoms with van der Waals surface area (Å²) < 4.78 is 0. The van der Waals surface area contributed by atoms with Crippen molar-refractivity contribution in [1.29, 1.82) is 0 Å². The Balaban J connectivity index is 2.58. The van der Waals surface area contributed by atoms with E-state index in [0.717, 1.165) is 18.4 Å². The Kier molecular flexibility index (Phi) is 5.20. The molecular weight excluding hydrogens is 210 g/mol. The van der Waals surface area contributed by atoms with Crippen LogP contribution in [0.15, 0.2) is 18.2 Å². The van der Waals surface area contributed by atoms with E-state index >= 15 is 0 Å². The number of hydrogen-bond acceptors (Lipinski definition) is 1. The number of nitrogens with one attached hydrogen (secondary N) is 1. The summed E-state index contributed by atoms with van der Waals surface area (Å²) in [5.41, 5.74) is 3.61. The summed E-state index contributed by atoms with van der Waals surface area (Å²) in [6.45, 7) is 8.37. The molecule has 1 aromatic rings. The predicted octanol–water partition coefficient (Wildman–Crippen LogP) is 3.15. The van der Waals surface area contributed by atoms with Crippen molar-refractivity contribution in [2.45, 2.75) is 53.0 Å². The predicted molar refractivity (Wildman–Crippen MR) is 72.1 cm³/mol. The van der Waals surface area contributed by atoms with Gasteiger partial charge in [-0.2, -0.15) is 0 Å². The van der Waals surface area contributed by atoms with Crippen molar-refractivity contribution in [3.8, 4) is 0 Å². The molecule has 17 heavy (non-hydrogen) atoms. The molecule has 0 unspecified atom stereocenters. The van der Waals surface area contributed by atoms with Crippen molar-refractivity contribution in [2.24, 2.45) is 0 Å². The summed E-state index contributed by atoms with van der Waals surface area (Å²) in [6, 6.07) is 6.53. The molecule has 0 fully saturated rings. The van der Waals surface area contributed by atoms with Crippen LogP contribution in [-0.4, -0.2) is 11.9 Å². The normalized spacial score (nSPS) is 10.6. The molecule has 2 nitrogen and oxygen atoms in total. The quantitative estimate of drug-likeness (QED) is 0.831. The van der Waals surface area contributed by atoms with E-state index in [1.807, 2.05) is 6.07 Å². The SMILES string of the molecule is CCC(CC)NC(=O)Cc1ccc(C)c(C)c1. The van der Waals surface area contributed by atoms with Crippen molar-refractivity contribution in [1.82, 2.24) is 5.32 Å². The molecule has 1 rings (SSSR count). The van der Waals surface area contributed by atoms with Gasteiger partial charge in [-0.25, -0.2) is 0 Å². The molecular formula is C15H23NO. The summed E-state index contributed by atoms with van der Waals surface area (Å²) in [5, 5.41) is 3.06. The highest BCUT2D eigenvalue weighted by Crippen LogP contribution is 2.10. The molecule has 1 amide bonds. The van der Waals surface area contributed by atoms with Gasteiger partial charge >= 0.3 is 0 Å². The lowest BCUT2D eigenvalue weighted by Gasteiger charge is -2.14. The average Bonchev–Trinajstić information content (AvgIpc) is 2.31. The maximum absolute atomic E-state index is 11.8. The monoisotopic (exact) mass is 233 g/mol. The second-order valence-corrected chi connectivity index (χ2v) is 4.68. The topological polar surface area (TPSA) is 29.1 Å². The van der Waals surface area contributed by atoms with Gasteiger partial charge in [-0.1, -0.05) is 32.0 Å². The van der Waals surface area contributed by atoms with Gasteiger partial charge in [0.1, 0.15) is 0 Å². The number of carbonyl (C=O) groups excluding carboxylic acids is 1.